The fraction of sp³-hybridized carbons (Fsp3) is 0.462. The van der Waals surface area contributed by atoms with Crippen LogP contribution in [-0.2, 0) is 20.6 Å². The van der Waals surface area contributed by atoms with E-state index < -0.39 is 20.6 Å². The number of hydrogen-bond acceptors (Lipinski definition) is 4. The molecule has 0 spiro atoms. The van der Waals surface area contributed by atoms with Crippen LogP contribution in [-0.4, -0.2) is 29.9 Å². The highest BCUT2D eigenvalue weighted by Gasteiger charge is 2.15. The molecule has 104 valence electrons. The molecular formula is C13H17NO3S2. The molecule has 0 aliphatic heterocycles. The van der Waals surface area contributed by atoms with Gasteiger partial charge in [0.15, 0.2) is 9.84 Å². The molecule has 0 N–H and O–H groups in total. The molecule has 0 radical (unpaired) electrons. The van der Waals surface area contributed by atoms with E-state index >= 15 is 0 Å². The van der Waals surface area contributed by atoms with Crippen molar-refractivity contribution in [3.05, 3.63) is 29.8 Å². The Kier molecular flexibility index (Phi) is 6.19. The van der Waals surface area contributed by atoms with Gasteiger partial charge in [-0.1, -0.05) is 13.3 Å². The zero-order valence-electron chi connectivity index (χ0n) is 10.8. The molecule has 4 nitrogen and oxygen atoms in total. The molecule has 0 saturated heterocycles. The molecule has 1 atom stereocenters. The molecule has 0 aliphatic carbocycles. The lowest BCUT2D eigenvalue weighted by molar-refractivity contribution is 0.597. The first-order chi connectivity index (χ1) is 8.99. The Morgan fingerprint density at radius 3 is 2.37 bits per heavy atom. The third-order valence-corrected chi connectivity index (χ3v) is 6.04. The van der Waals surface area contributed by atoms with Crippen LogP contribution in [0.1, 0.15) is 25.3 Å². The second-order valence-corrected chi connectivity index (χ2v) is 7.96. The predicted octanol–water partition coefficient (Wildman–Crippen LogP) is 1.88. The third-order valence-electron chi connectivity index (χ3n) is 2.65. The van der Waals surface area contributed by atoms with Gasteiger partial charge in [-0.25, -0.2) is 8.42 Å². The molecule has 19 heavy (non-hydrogen) atoms. The normalized spacial score (nSPS) is 12.8. The van der Waals surface area contributed by atoms with E-state index in [-0.39, 0.29) is 16.4 Å². The molecule has 1 aromatic carbocycles. The minimum Gasteiger partial charge on any atom is -0.260 e. The Hall–Kier alpha value is -1.19. The lowest BCUT2D eigenvalue weighted by Crippen LogP contribution is -2.15. The van der Waals surface area contributed by atoms with Gasteiger partial charge in [0, 0.05) is 22.3 Å². The van der Waals surface area contributed by atoms with E-state index in [1.165, 1.54) is 24.3 Å². The quantitative estimate of drug-likeness (QED) is 0.770. The summed E-state index contributed by atoms with van der Waals surface area (Å²) in [6.45, 7) is 2.00. The highest BCUT2D eigenvalue weighted by atomic mass is 32.2. The van der Waals surface area contributed by atoms with Gasteiger partial charge >= 0.3 is 0 Å². The summed E-state index contributed by atoms with van der Waals surface area (Å²) in [7, 11) is -4.49. The maximum absolute atomic E-state index is 12.0. The minimum atomic E-state index is -3.41. The van der Waals surface area contributed by atoms with Gasteiger partial charge in [-0.15, -0.1) is 0 Å². The average Bonchev–Trinajstić information content (AvgIpc) is 2.43. The van der Waals surface area contributed by atoms with E-state index in [4.69, 9.17) is 5.26 Å². The number of unbranched alkanes of at least 4 members (excludes halogenated alkanes) is 1. The SMILES string of the molecule is CCCCS(=O)CCS(=O)(=O)c1ccc(C#N)cc1. The minimum absolute atomic E-state index is 0.116. The Bertz CT molecular complexity index is 571. The molecule has 0 aliphatic rings. The van der Waals surface area contributed by atoms with Crippen molar-refractivity contribution in [1.29, 1.82) is 5.26 Å². The summed E-state index contributed by atoms with van der Waals surface area (Å²) in [6, 6.07) is 7.72. The van der Waals surface area contributed by atoms with E-state index in [0.717, 1.165) is 12.8 Å². The maximum atomic E-state index is 12.0. The van der Waals surface area contributed by atoms with E-state index in [1.807, 2.05) is 13.0 Å². The first-order valence-corrected chi connectivity index (χ1v) is 9.21. The molecule has 0 fully saturated rings. The highest BCUT2D eigenvalue weighted by Crippen LogP contribution is 2.12. The third kappa shape index (κ3) is 5.13. The number of sulfone groups is 1. The van der Waals surface area contributed by atoms with E-state index in [2.05, 4.69) is 0 Å². The van der Waals surface area contributed by atoms with Gasteiger partial charge in [-0.2, -0.15) is 5.26 Å². The van der Waals surface area contributed by atoms with Crippen molar-refractivity contribution in [2.75, 3.05) is 17.3 Å². The summed E-state index contributed by atoms with van der Waals surface area (Å²) in [5.41, 5.74) is 0.422. The van der Waals surface area contributed by atoms with Crippen LogP contribution in [0.15, 0.2) is 29.2 Å². The van der Waals surface area contributed by atoms with Crippen molar-refractivity contribution in [3.63, 3.8) is 0 Å². The van der Waals surface area contributed by atoms with Crippen molar-refractivity contribution in [2.45, 2.75) is 24.7 Å². The highest BCUT2D eigenvalue weighted by molar-refractivity contribution is 7.93. The summed E-state index contributed by atoms with van der Waals surface area (Å²) >= 11 is 0. The van der Waals surface area contributed by atoms with Gasteiger partial charge in [-0.3, -0.25) is 4.21 Å². The van der Waals surface area contributed by atoms with Crippen LogP contribution in [0.4, 0.5) is 0 Å². The zero-order valence-corrected chi connectivity index (χ0v) is 12.5. The summed E-state index contributed by atoms with van der Waals surface area (Å²) in [5, 5.41) is 8.65. The molecule has 0 amide bonds. The smallest absolute Gasteiger partial charge is 0.179 e. The average molecular weight is 299 g/mol. The predicted molar refractivity (Wildman–Crippen MR) is 76.0 cm³/mol. The zero-order chi connectivity index (χ0) is 14.3. The molecule has 1 unspecified atom stereocenters. The van der Waals surface area contributed by atoms with Crippen molar-refractivity contribution in [2.24, 2.45) is 0 Å². The first-order valence-electron chi connectivity index (χ1n) is 6.07. The topological polar surface area (TPSA) is 75.0 Å². The second-order valence-electron chi connectivity index (χ2n) is 4.16. The van der Waals surface area contributed by atoms with Crippen LogP contribution in [0, 0.1) is 11.3 Å². The van der Waals surface area contributed by atoms with E-state index in [1.54, 1.807) is 0 Å². The molecule has 0 bridgehead atoms. The number of benzene rings is 1. The summed E-state index contributed by atoms with van der Waals surface area (Å²) < 4.78 is 35.6. The van der Waals surface area contributed by atoms with Gasteiger partial charge in [0.05, 0.1) is 22.3 Å². The lowest BCUT2D eigenvalue weighted by atomic mass is 10.2. The molecule has 0 aromatic heterocycles. The van der Waals surface area contributed by atoms with Crippen LogP contribution in [0.3, 0.4) is 0 Å². The van der Waals surface area contributed by atoms with Crippen molar-refractivity contribution < 1.29 is 12.6 Å². The van der Waals surface area contributed by atoms with Crippen molar-refractivity contribution in [1.82, 2.24) is 0 Å². The monoisotopic (exact) mass is 299 g/mol. The second kappa shape index (κ2) is 7.41. The molecule has 6 heteroatoms. The van der Waals surface area contributed by atoms with Crippen LogP contribution in [0.25, 0.3) is 0 Å². The summed E-state index contributed by atoms with van der Waals surface area (Å²) in [4.78, 5) is 0.180. The Morgan fingerprint density at radius 2 is 1.84 bits per heavy atom. The number of nitriles is 1. The number of hydrogen-bond donors (Lipinski definition) is 0. The van der Waals surface area contributed by atoms with Gasteiger partial charge < -0.3 is 0 Å². The number of rotatable bonds is 7. The first kappa shape index (κ1) is 15.9. The molecule has 1 aromatic rings. The molecular weight excluding hydrogens is 282 g/mol. The standard InChI is InChI=1S/C13H17NO3S2/c1-2-3-8-18(15)9-10-19(16,17)13-6-4-12(11-14)5-7-13/h4-7H,2-3,8-10H2,1H3. The van der Waals surface area contributed by atoms with Crippen LogP contribution >= 0.6 is 0 Å². The van der Waals surface area contributed by atoms with Crippen LogP contribution in [0.5, 0.6) is 0 Å². The van der Waals surface area contributed by atoms with Crippen molar-refractivity contribution >= 4 is 20.6 Å². The van der Waals surface area contributed by atoms with Gasteiger partial charge in [0.25, 0.3) is 0 Å². The van der Waals surface area contributed by atoms with Crippen LogP contribution in [0.2, 0.25) is 0 Å². The van der Waals surface area contributed by atoms with Crippen molar-refractivity contribution in [3.8, 4) is 6.07 Å². The largest absolute Gasteiger partial charge is 0.260 e. The summed E-state index contributed by atoms with van der Waals surface area (Å²) in [6.07, 6.45) is 1.80. The lowest BCUT2D eigenvalue weighted by Gasteiger charge is -2.04. The fourth-order valence-electron chi connectivity index (χ4n) is 1.46. The van der Waals surface area contributed by atoms with E-state index in [9.17, 15) is 12.6 Å². The molecule has 0 saturated carbocycles. The Balaban J connectivity index is 2.65. The van der Waals surface area contributed by atoms with Crippen LogP contribution < -0.4 is 0 Å². The van der Waals surface area contributed by atoms with Gasteiger partial charge in [0.1, 0.15) is 0 Å². The summed E-state index contributed by atoms with van der Waals surface area (Å²) in [5.74, 6) is 0.608. The van der Waals surface area contributed by atoms with Gasteiger partial charge in [0.2, 0.25) is 0 Å². The number of nitrogens with zero attached hydrogens (tertiary/aromatic N) is 1. The van der Waals surface area contributed by atoms with E-state index in [0.29, 0.717) is 11.3 Å². The molecule has 1 rings (SSSR count). The molecule has 0 heterocycles. The Morgan fingerprint density at radius 1 is 1.21 bits per heavy atom. The van der Waals surface area contributed by atoms with Gasteiger partial charge in [-0.05, 0) is 30.7 Å². The fourth-order valence-corrected chi connectivity index (χ4v) is 4.69. The Labute approximate surface area is 116 Å². The maximum Gasteiger partial charge on any atom is 0.179 e.